The second-order valence-electron chi connectivity index (χ2n) is 3.23. The Kier molecular flexibility index (Phi) is 2.89. The van der Waals surface area contributed by atoms with Crippen LogP contribution >= 0.6 is 0 Å². The second kappa shape index (κ2) is 4.50. The first-order chi connectivity index (χ1) is 8.65. The SMILES string of the molecule is [C-]#[N+]c1cn(-c2ncc([N+](=O)[O-])cc2OC)cn1. The largest absolute Gasteiger partial charge is 0.493 e. The molecule has 0 N–H and O–H groups in total. The third-order valence-corrected chi connectivity index (χ3v) is 2.18. The van der Waals surface area contributed by atoms with Crippen LogP contribution in [0.2, 0.25) is 0 Å². The number of aromatic nitrogens is 3. The molecule has 2 heterocycles. The highest BCUT2D eigenvalue weighted by molar-refractivity contribution is 5.48. The Hall–Kier alpha value is -2.95. The van der Waals surface area contributed by atoms with Gasteiger partial charge >= 0.3 is 0 Å². The molecule has 2 aromatic rings. The predicted molar refractivity (Wildman–Crippen MR) is 60.8 cm³/mol. The molecule has 0 bridgehead atoms. The molecule has 8 heteroatoms. The average molecular weight is 245 g/mol. The van der Waals surface area contributed by atoms with Crippen molar-refractivity contribution in [2.24, 2.45) is 0 Å². The maximum absolute atomic E-state index is 10.6. The topological polar surface area (TPSA) is 87.4 Å². The van der Waals surface area contributed by atoms with Gasteiger partial charge < -0.3 is 9.58 Å². The van der Waals surface area contributed by atoms with Crippen LogP contribution in [-0.4, -0.2) is 26.6 Å². The van der Waals surface area contributed by atoms with Crippen molar-refractivity contribution >= 4 is 11.5 Å². The van der Waals surface area contributed by atoms with Crippen molar-refractivity contribution in [3.63, 3.8) is 0 Å². The lowest BCUT2D eigenvalue weighted by Gasteiger charge is -2.06. The summed E-state index contributed by atoms with van der Waals surface area (Å²) in [6.07, 6.45) is 3.98. The van der Waals surface area contributed by atoms with Gasteiger partial charge in [-0.05, 0) is 0 Å². The third-order valence-electron chi connectivity index (χ3n) is 2.18. The van der Waals surface area contributed by atoms with Crippen LogP contribution in [0.15, 0.2) is 24.8 Å². The fraction of sp³-hybridized carbons (Fsp3) is 0.100. The molecule has 2 rings (SSSR count). The summed E-state index contributed by atoms with van der Waals surface area (Å²) in [4.78, 5) is 21.0. The molecule has 90 valence electrons. The molecule has 0 aromatic carbocycles. The zero-order chi connectivity index (χ0) is 13.1. The molecule has 0 radical (unpaired) electrons. The first-order valence-electron chi connectivity index (χ1n) is 4.76. The monoisotopic (exact) mass is 245 g/mol. The van der Waals surface area contributed by atoms with Gasteiger partial charge in [0.1, 0.15) is 6.20 Å². The van der Waals surface area contributed by atoms with Gasteiger partial charge in [-0.1, -0.05) is 6.57 Å². The van der Waals surface area contributed by atoms with Gasteiger partial charge in [0.15, 0.2) is 17.9 Å². The van der Waals surface area contributed by atoms with E-state index in [2.05, 4.69) is 14.8 Å². The summed E-state index contributed by atoms with van der Waals surface area (Å²) in [5.74, 6) is 0.779. The highest BCUT2D eigenvalue weighted by atomic mass is 16.6. The average Bonchev–Trinajstić information content (AvgIpc) is 2.86. The molecule has 0 unspecified atom stereocenters. The molecule has 0 atom stereocenters. The molecule has 0 saturated carbocycles. The summed E-state index contributed by atoms with van der Waals surface area (Å²) in [7, 11) is 1.39. The van der Waals surface area contributed by atoms with E-state index >= 15 is 0 Å². The third kappa shape index (κ3) is 1.97. The standard InChI is InChI=1S/C10H7N5O3/c1-11-9-5-14(6-13-9)10-8(18-2)3-7(4-12-10)15(16)17/h3-6H,2H3. The van der Waals surface area contributed by atoms with Gasteiger partial charge in [-0.3, -0.25) is 14.7 Å². The van der Waals surface area contributed by atoms with Crippen LogP contribution in [-0.2, 0) is 0 Å². The fourth-order valence-corrected chi connectivity index (χ4v) is 1.36. The van der Waals surface area contributed by atoms with Crippen molar-refractivity contribution in [2.45, 2.75) is 0 Å². The smallest absolute Gasteiger partial charge is 0.291 e. The zero-order valence-corrected chi connectivity index (χ0v) is 9.27. The van der Waals surface area contributed by atoms with Crippen LogP contribution in [0, 0.1) is 16.7 Å². The van der Waals surface area contributed by atoms with Crippen molar-refractivity contribution in [3.05, 3.63) is 46.3 Å². The van der Waals surface area contributed by atoms with Crippen molar-refractivity contribution in [3.8, 4) is 11.6 Å². The summed E-state index contributed by atoms with van der Waals surface area (Å²) < 4.78 is 6.51. The first-order valence-corrected chi connectivity index (χ1v) is 4.76. The summed E-state index contributed by atoms with van der Waals surface area (Å²) in [5.41, 5.74) is -0.166. The minimum atomic E-state index is -0.558. The Bertz CT molecular complexity index is 643. The lowest BCUT2D eigenvalue weighted by molar-refractivity contribution is -0.385. The molecule has 18 heavy (non-hydrogen) atoms. The number of ether oxygens (including phenoxy) is 1. The van der Waals surface area contributed by atoms with Crippen molar-refractivity contribution in [1.29, 1.82) is 0 Å². The number of rotatable bonds is 3. The maximum atomic E-state index is 10.6. The van der Waals surface area contributed by atoms with E-state index in [0.717, 1.165) is 6.20 Å². The van der Waals surface area contributed by atoms with E-state index in [9.17, 15) is 10.1 Å². The van der Waals surface area contributed by atoms with E-state index in [4.69, 9.17) is 11.3 Å². The summed E-state index contributed by atoms with van der Waals surface area (Å²) in [6.45, 7) is 6.82. The quantitative estimate of drug-likeness (QED) is 0.467. The van der Waals surface area contributed by atoms with Gasteiger partial charge in [-0.25, -0.2) is 4.98 Å². The normalized spacial score (nSPS) is 9.78. The van der Waals surface area contributed by atoms with Crippen LogP contribution in [0.1, 0.15) is 0 Å². The minimum Gasteiger partial charge on any atom is -0.493 e. The van der Waals surface area contributed by atoms with Gasteiger partial charge in [0.05, 0.1) is 18.1 Å². The van der Waals surface area contributed by atoms with E-state index in [1.165, 1.54) is 30.3 Å². The number of imidazole rings is 1. The van der Waals surface area contributed by atoms with Crippen LogP contribution in [0.3, 0.4) is 0 Å². The number of hydrogen-bond acceptors (Lipinski definition) is 5. The highest BCUT2D eigenvalue weighted by Gasteiger charge is 2.15. The van der Waals surface area contributed by atoms with Crippen molar-refractivity contribution in [2.75, 3.05) is 7.11 Å². The molecular weight excluding hydrogens is 238 g/mol. The van der Waals surface area contributed by atoms with Gasteiger partial charge in [0.25, 0.3) is 11.5 Å². The van der Waals surface area contributed by atoms with Gasteiger partial charge in [0.2, 0.25) is 0 Å². The molecular formula is C10H7N5O3. The minimum absolute atomic E-state index is 0.166. The molecule has 0 aliphatic heterocycles. The van der Waals surface area contributed by atoms with Gasteiger partial charge in [-0.15, -0.1) is 4.98 Å². The predicted octanol–water partition coefficient (Wildman–Crippen LogP) is 1.73. The number of methoxy groups -OCH3 is 1. The molecule has 0 spiro atoms. The highest BCUT2D eigenvalue weighted by Crippen LogP contribution is 2.26. The molecule has 8 nitrogen and oxygen atoms in total. The first kappa shape index (κ1) is 11.5. The number of nitro groups is 1. The molecule has 2 aromatic heterocycles. The van der Waals surface area contributed by atoms with Crippen LogP contribution in [0.4, 0.5) is 11.5 Å². The molecule has 0 aliphatic carbocycles. The second-order valence-corrected chi connectivity index (χ2v) is 3.23. The summed E-state index contributed by atoms with van der Waals surface area (Å²) >= 11 is 0. The van der Waals surface area contributed by atoms with E-state index in [0.29, 0.717) is 5.82 Å². The van der Waals surface area contributed by atoms with E-state index in [1.807, 2.05) is 0 Å². The summed E-state index contributed by atoms with van der Waals surface area (Å²) in [5, 5.41) is 10.6. The Morgan fingerprint density at radius 2 is 2.33 bits per heavy atom. The lowest BCUT2D eigenvalue weighted by atomic mass is 10.4. The fourth-order valence-electron chi connectivity index (χ4n) is 1.36. The Morgan fingerprint density at radius 1 is 1.56 bits per heavy atom. The van der Waals surface area contributed by atoms with E-state index in [-0.39, 0.29) is 17.3 Å². The van der Waals surface area contributed by atoms with Gasteiger partial charge in [-0.2, -0.15) is 0 Å². The van der Waals surface area contributed by atoms with Gasteiger partial charge in [0, 0.05) is 6.20 Å². The van der Waals surface area contributed by atoms with E-state index < -0.39 is 4.92 Å². The van der Waals surface area contributed by atoms with Crippen molar-refractivity contribution in [1.82, 2.24) is 14.5 Å². The van der Waals surface area contributed by atoms with Crippen molar-refractivity contribution < 1.29 is 9.66 Å². The molecule has 0 saturated heterocycles. The summed E-state index contributed by atoms with van der Waals surface area (Å²) in [6, 6.07) is 1.26. The van der Waals surface area contributed by atoms with Crippen LogP contribution in [0.25, 0.3) is 10.7 Å². The molecule has 0 amide bonds. The Balaban J connectivity index is 2.51. The number of pyridine rings is 1. The van der Waals surface area contributed by atoms with Crippen LogP contribution in [0.5, 0.6) is 5.75 Å². The zero-order valence-electron chi connectivity index (χ0n) is 9.27. The molecule has 0 fully saturated rings. The Morgan fingerprint density at radius 3 is 2.89 bits per heavy atom. The maximum Gasteiger partial charge on any atom is 0.291 e. The van der Waals surface area contributed by atoms with Crippen LogP contribution < -0.4 is 4.74 Å². The van der Waals surface area contributed by atoms with E-state index in [1.54, 1.807) is 0 Å². The molecule has 0 aliphatic rings. The lowest BCUT2D eigenvalue weighted by Crippen LogP contribution is -2.00. The Labute approximate surface area is 101 Å². The number of nitrogens with zero attached hydrogens (tertiary/aromatic N) is 5. The number of hydrogen-bond donors (Lipinski definition) is 0.